The number of amides is 1. The van der Waals surface area contributed by atoms with Crippen LogP contribution in [0.25, 0.3) is 0 Å². The van der Waals surface area contributed by atoms with E-state index in [1.807, 2.05) is 0 Å². The van der Waals surface area contributed by atoms with Gasteiger partial charge in [-0.15, -0.1) is 0 Å². The lowest BCUT2D eigenvalue weighted by atomic mass is 10.2. The van der Waals surface area contributed by atoms with E-state index < -0.39 is 5.91 Å². The standard InChI is InChI=1S/C14H13ClN2O2/c15-10-6-5-9(12(16)7-10)8-19-13-4-2-1-3-11(13)14(17)18/h1-7H,8,16H2,(H2,17,18). The van der Waals surface area contributed by atoms with E-state index in [9.17, 15) is 4.79 Å². The molecule has 19 heavy (non-hydrogen) atoms. The SMILES string of the molecule is NC(=O)c1ccccc1OCc1ccc(Cl)cc1N. The van der Waals surface area contributed by atoms with E-state index in [4.69, 9.17) is 27.8 Å². The summed E-state index contributed by atoms with van der Waals surface area (Å²) < 4.78 is 5.58. The highest BCUT2D eigenvalue weighted by molar-refractivity contribution is 6.30. The van der Waals surface area contributed by atoms with Crippen LogP contribution in [0.2, 0.25) is 5.02 Å². The van der Waals surface area contributed by atoms with Gasteiger partial charge in [0.05, 0.1) is 5.56 Å². The van der Waals surface area contributed by atoms with Crippen molar-refractivity contribution in [2.45, 2.75) is 6.61 Å². The molecule has 0 atom stereocenters. The summed E-state index contributed by atoms with van der Waals surface area (Å²) in [6, 6.07) is 12.0. The van der Waals surface area contributed by atoms with Gasteiger partial charge in [0, 0.05) is 16.3 Å². The smallest absolute Gasteiger partial charge is 0.252 e. The van der Waals surface area contributed by atoms with Crippen LogP contribution in [0.4, 0.5) is 5.69 Å². The molecule has 4 nitrogen and oxygen atoms in total. The Hall–Kier alpha value is -2.20. The van der Waals surface area contributed by atoms with Crippen LogP contribution in [-0.4, -0.2) is 5.91 Å². The van der Waals surface area contributed by atoms with Crippen LogP contribution >= 0.6 is 11.6 Å². The van der Waals surface area contributed by atoms with E-state index in [-0.39, 0.29) is 6.61 Å². The summed E-state index contributed by atoms with van der Waals surface area (Å²) in [5.41, 5.74) is 12.8. The molecule has 0 aromatic heterocycles. The maximum atomic E-state index is 11.2. The van der Waals surface area contributed by atoms with Crippen molar-refractivity contribution < 1.29 is 9.53 Å². The van der Waals surface area contributed by atoms with E-state index >= 15 is 0 Å². The van der Waals surface area contributed by atoms with Gasteiger partial charge in [-0.3, -0.25) is 4.79 Å². The molecule has 0 fully saturated rings. The minimum atomic E-state index is -0.528. The molecule has 5 heteroatoms. The molecule has 0 saturated carbocycles. The Balaban J connectivity index is 2.17. The van der Waals surface area contributed by atoms with E-state index in [1.54, 1.807) is 42.5 Å². The number of rotatable bonds is 4. The second kappa shape index (κ2) is 5.63. The average Bonchev–Trinajstić information content (AvgIpc) is 2.38. The fourth-order valence-electron chi connectivity index (χ4n) is 1.65. The first-order chi connectivity index (χ1) is 9.08. The third kappa shape index (κ3) is 3.17. The van der Waals surface area contributed by atoms with Gasteiger partial charge in [0.15, 0.2) is 0 Å². The van der Waals surface area contributed by atoms with Gasteiger partial charge in [-0.25, -0.2) is 0 Å². The highest BCUT2D eigenvalue weighted by Gasteiger charge is 2.09. The number of carbonyl (C=O) groups excluding carboxylic acids is 1. The summed E-state index contributed by atoms with van der Waals surface area (Å²) in [4.78, 5) is 11.2. The third-order valence-corrected chi connectivity index (χ3v) is 2.88. The summed E-state index contributed by atoms with van der Waals surface area (Å²) in [5.74, 6) is -0.0935. The number of carbonyl (C=O) groups is 1. The van der Waals surface area contributed by atoms with Crippen LogP contribution in [0, 0.1) is 0 Å². The number of ether oxygens (including phenoxy) is 1. The van der Waals surface area contributed by atoms with Crippen LogP contribution in [-0.2, 0) is 6.61 Å². The zero-order valence-corrected chi connectivity index (χ0v) is 10.9. The van der Waals surface area contributed by atoms with Crippen molar-refractivity contribution in [1.29, 1.82) is 0 Å². The monoisotopic (exact) mass is 276 g/mol. The second-order valence-corrected chi connectivity index (χ2v) is 4.43. The van der Waals surface area contributed by atoms with Gasteiger partial charge in [0.25, 0.3) is 5.91 Å². The Kier molecular flexibility index (Phi) is 3.92. The molecule has 0 aliphatic carbocycles. The minimum absolute atomic E-state index is 0.243. The number of hydrogen-bond acceptors (Lipinski definition) is 3. The number of benzene rings is 2. The molecule has 0 saturated heterocycles. The summed E-state index contributed by atoms with van der Waals surface area (Å²) in [5, 5.41) is 0.568. The molecule has 98 valence electrons. The summed E-state index contributed by atoms with van der Waals surface area (Å²) in [6.07, 6.45) is 0. The zero-order valence-electron chi connectivity index (χ0n) is 10.1. The molecular formula is C14H13ClN2O2. The van der Waals surface area contributed by atoms with Crippen LogP contribution in [0.3, 0.4) is 0 Å². The summed E-state index contributed by atoms with van der Waals surface area (Å²) in [7, 11) is 0. The number of halogens is 1. The Labute approximate surface area is 115 Å². The normalized spacial score (nSPS) is 10.2. The van der Waals surface area contributed by atoms with Crippen LogP contribution in [0.5, 0.6) is 5.75 Å². The lowest BCUT2D eigenvalue weighted by molar-refractivity contribution is 0.0996. The topological polar surface area (TPSA) is 78.3 Å². The van der Waals surface area contributed by atoms with Gasteiger partial charge < -0.3 is 16.2 Å². The average molecular weight is 277 g/mol. The maximum Gasteiger partial charge on any atom is 0.252 e. The molecule has 2 aromatic rings. The summed E-state index contributed by atoms with van der Waals surface area (Å²) >= 11 is 5.82. The van der Waals surface area contributed by atoms with Crippen molar-refractivity contribution in [3.05, 3.63) is 58.6 Å². The van der Waals surface area contributed by atoms with Gasteiger partial charge >= 0.3 is 0 Å². The first-order valence-corrected chi connectivity index (χ1v) is 6.01. The molecule has 2 rings (SSSR count). The lowest BCUT2D eigenvalue weighted by Crippen LogP contribution is -2.13. The molecule has 4 N–H and O–H groups in total. The predicted octanol–water partition coefficient (Wildman–Crippen LogP) is 2.60. The van der Waals surface area contributed by atoms with Gasteiger partial charge in [-0.1, -0.05) is 29.8 Å². The molecule has 2 aromatic carbocycles. The van der Waals surface area contributed by atoms with Gasteiger partial charge in [0.2, 0.25) is 0 Å². The van der Waals surface area contributed by atoms with E-state index in [1.165, 1.54) is 0 Å². The first kappa shape index (κ1) is 13.2. The van der Waals surface area contributed by atoms with E-state index in [2.05, 4.69) is 0 Å². The fourth-order valence-corrected chi connectivity index (χ4v) is 1.83. The van der Waals surface area contributed by atoms with Crippen molar-refractivity contribution in [3.63, 3.8) is 0 Å². The van der Waals surface area contributed by atoms with Gasteiger partial charge in [-0.2, -0.15) is 0 Å². The van der Waals surface area contributed by atoms with Gasteiger partial charge in [-0.05, 0) is 24.3 Å². The molecule has 0 bridgehead atoms. The first-order valence-electron chi connectivity index (χ1n) is 5.63. The molecule has 0 radical (unpaired) electrons. The van der Waals surface area contributed by atoms with Crippen LogP contribution < -0.4 is 16.2 Å². The number of hydrogen-bond donors (Lipinski definition) is 2. The molecule has 0 aliphatic rings. The molecule has 1 amide bonds. The number of nitrogens with two attached hydrogens (primary N) is 2. The Bertz CT molecular complexity index is 614. The fraction of sp³-hybridized carbons (Fsp3) is 0.0714. The van der Waals surface area contributed by atoms with Crippen molar-refractivity contribution >= 4 is 23.2 Å². The van der Waals surface area contributed by atoms with Crippen molar-refractivity contribution in [2.24, 2.45) is 5.73 Å². The van der Waals surface area contributed by atoms with Crippen molar-refractivity contribution in [2.75, 3.05) is 5.73 Å². The zero-order chi connectivity index (χ0) is 13.8. The summed E-state index contributed by atoms with van der Waals surface area (Å²) in [6.45, 7) is 0.243. The number of anilines is 1. The highest BCUT2D eigenvalue weighted by atomic mass is 35.5. The Morgan fingerprint density at radius 3 is 2.63 bits per heavy atom. The predicted molar refractivity (Wildman–Crippen MR) is 75.2 cm³/mol. The second-order valence-electron chi connectivity index (χ2n) is 3.99. The number of para-hydroxylation sites is 1. The third-order valence-electron chi connectivity index (χ3n) is 2.64. The number of primary amides is 1. The van der Waals surface area contributed by atoms with E-state index in [0.717, 1.165) is 5.56 Å². The molecule has 0 unspecified atom stereocenters. The number of nitrogen functional groups attached to an aromatic ring is 1. The largest absolute Gasteiger partial charge is 0.488 e. The molecular weight excluding hydrogens is 264 g/mol. The van der Waals surface area contributed by atoms with E-state index in [0.29, 0.717) is 22.0 Å². The molecule has 0 spiro atoms. The minimum Gasteiger partial charge on any atom is -0.488 e. The molecule has 0 aliphatic heterocycles. The Morgan fingerprint density at radius 1 is 1.21 bits per heavy atom. The quantitative estimate of drug-likeness (QED) is 0.843. The maximum absolute atomic E-state index is 11.2. The highest BCUT2D eigenvalue weighted by Crippen LogP contribution is 2.22. The van der Waals surface area contributed by atoms with Gasteiger partial charge in [0.1, 0.15) is 12.4 Å². The molecule has 0 heterocycles. The Morgan fingerprint density at radius 2 is 1.95 bits per heavy atom. The van der Waals surface area contributed by atoms with Crippen molar-refractivity contribution in [1.82, 2.24) is 0 Å². The lowest BCUT2D eigenvalue weighted by Gasteiger charge is -2.11. The van der Waals surface area contributed by atoms with Crippen LogP contribution in [0.1, 0.15) is 15.9 Å². The van der Waals surface area contributed by atoms with Crippen LogP contribution in [0.15, 0.2) is 42.5 Å². The van der Waals surface area contributed by atoms with Crippen molar-refractivity contribution in [3.8, 4) is 5.75 Å².